The van der Waals surface area contributed by atoms with Crippen LogP contribution in [0.4, 0.5) is 11.4 Å². The molecule has 0 aliphatic heterocycles. The van der Waals surface area contributed by atoms with Crippen molar-refractivity contribution >= 4 is 11.4 Å². The van der Waals surface area contributed by atoms with Gasteiger partial charge in [0, 0.05) is 16.9 Å². The summed E-state index contributed by atoms with van der Waals surface area (Å²) in [4.78, 5) is 4.33. The second-order valence-electron chi connectivity index (χ2n) is 4.10. The van der Waals surface area contributed by atoms with Gasteiger partial charge in [-0.1, -0.05) is 29.4 Å². The minimum atomic E-state index is 0.386. The van der Waals surface area contributed by atoms with Crippen LogP contribution in [-0.4, -0.2) is 10.1 Å². The first-order valence-electron chi connectivity index (χ1n) is 5.79. The summed E-state index contributed by atoms with van der Waals surface area (Å²) in [6.07, 6.45) is 0. The van der Waals surface area contributed by atoms with Crippen LogP contribution in [0, 0.1) is 0 Å². The number of hydrogen-bond donors (Lipinski definition) is 2. The lowest BCUT2D eigenvalue weighted by Crippen LogP contribution is -1.91. The highest BCUT2D eigenvalue weighted by atomic mass is 16.5. The normalized spacial score (nSPS) is 10.5. The van der Waals surface area contributed by atoms with Crippen LogP contribution in [0.25, 0.3) is 22.8 Å². The van der Waals surface area contributed by atoms with Crippen molar-refractivity contribution in [2.24, 2.45) is 0 Å². The predicted octanol–water partition coefficient (Wildman–Crippen LogP) is 2.57. The van der Waals surface area contributed by atoms with Gasteiger partial charge in [0.25, 0.3) is 5.89 Å². The van der Waals surface area contributed by atoms with E-state index in [0.717, 1.165) is 11.1 Å². The molecule has 1 aromatic heterocycles. The molecular weight excluding hydrogens is 240 g/mol. The molecular formula is C14H12N4O. The quantitative estimate of drug-likeness (QED) is 0.684. The third kappa shape index (κ3) is 2.01. The van der Waals surface area contributed by atoms with E-state index in [1.807, 2.05) is 36.4 Å². The number of aromatic nitrogens is 2. The van der Waals surface area contributed by atoms with Crippen LogP contribution in [-0.2, 0) is 0 Å². The number of para-hydroxylation sites is 2. The molecule has 4 N–H and O–H groups in total. The molecule has 3 rings (SSSR count). The van der Waals surface area contributed by atoms with Gasteiger partial charge >= 0.3 is 0 Å². The van der Waals surface area contributed by atoms with Crippen molar-refractivity contribution in [1.29, 1.82) is 0 Å². The number of nitrogens with two attached hydrogens (primary N) is 2. The van der Waals surface area contributed by atoms with E-state index in [1.54, 1.807) is 12.1 Å². The molecule has 0 saturated heterocycles. The molecule has 0 aliphatic rings. The topological polar surface area (TPSA) is 91.0 Å². The number of nitrogens with zero attached hydrogens (tertiary/aromatic N) is 2. The predicted molar refractivity (Wildman–Crippen MR) is 74.0 cm³/mol. The number of rotatable bonds is 2. The second-order valence-corrected chi connectivity index (χ2v) is 4.10. The third-order valence-electron chi connectivity index (χ3n) is 2.82. The van der Waals surface area contributed by atoms with Crippen molar-refractivity contribution in [2.75, 3.05) is 11.5 Å². The lowest BCUT2D eigenvalue weighted by atomic mass is 10.1. The Bertz CT molecular complexity index is 661. The van der Waals surface area contributed by atoms with E-state index in [9.17, 15) is 0 Å². The first-order valence-corrected chi connectivity index (χ1v) is 5.79. The van der Waals surface area contributed by atoms with Gasteiger partial charge in [0.1, 0.15) is 0 Å². The van der Waals surface area contributed by atoms with Gasteiger partial charge in [0.15, 0.2) is 0 Å². The Morgan fingerprint density at radius 1 is 0.789 bits per heavy atom. The average Bonchev–Trinajstić information content (AvgIpc) is 2.89. The van der Waals surface area contributed by atoms with Crippen molar-refractivity contribution in [3.05, 3.63) is 48.5 Å². The minimum Gasteiger partial charge on any atom is -0.398 e. The molecule has 94 valence electrons. The van der Waals surface area contributed by atoms with Gasteiger partial charge in [-0.3, -0.25) is 0 Å². The molecule has 0 saturated carbocycles. The largest absolute Gasteiger partial charge is 0.398 e. The maximum Gasteiger partial charge on any atom is 0.260 e. The smallest absolute Gasteiger partial charge is 0.260 e. The van der Waals surface area contributed by atoms with E-state index in [2.05, 4.69) is 10.1 Å². The Morgan fingerprint density at radius 2 is 1.37 bits per heavy atom. The van der Waals surface area contributed by atoms with Crippen molar-refractivity contribution in [3.63, 3.8) is 0 Å². The maximum atomic E-state index is 5.88. The van der Waals surface area contributed by atoms with E-state index in [-0.39, 0.29) is 0 Å². The third-order valence-corrected chi connectivity index (χ3v) is 2.82. The second kappa shape index (κ2) is 4.45. The fourth-order valence-electron chi connectivity index (χ4n) is 1.83. The molecule has 1 heterocycles. The van der Waals surface area contributed by atoms with Gasteiger partial charge in [-0.15, -0.1) is 0 Å². The van der Waals surface area contributed by atoms with E-state index in [0.29, 0.717) is 23.1 Å². The molecule has 2 aromatic carbocycles. The highest BCUT2D eigenvalue weighted by Crippen LogP contribution is 2.28. The van der Waals surface area contributed by atoms with E-state index in [4.69, 9.17) is 16.0 Å². The molecule has 3 aromatic rings. The van der Waals surface area contributed by atoms with Gasteiger partial charge in [-0.2, -0.15) is 4.98 Å². The zero-order valence-corrected chi connectivity index (χ0v) is 10.1. The Balaban J connectivity index is 2.06. The van der Waals surface area contributed by atoms with Crippen molar-refractivity contribution in [1.82, 2.24) is 10.1 Å². The summed E-state index contributed by atoms with van der Waals surface area (Å²) in [7, 11) is 0. The minimum absolute atomic E-state index is 0.386. The molecule has 5 heteroatoms. The zero-order chi connectivity index (χ0) is 13.2. The summed E-state index contributed by atoms with van der Waals surface area (Å²) in [6, 6.07) is 14.7. The standard InChI is InChI=1S/C14H12N4O/c15-11-7-3-1-5-9(11)13-17-14(19-18-13)10-6-2-4-8-12(10)16/h1-8H,15-16H2. The highest BCUT2D eigenvalue weighted by molar-refractivity contribution is 5.74. The van der Waals surface area contributed by atoms with Gasteiger partial charge in [-0.25, -0.2) is 0 Å². The average molecular weight is 252 g/mol. The molecule has 0 bridgehead atoms. The van der Waals surface area contributed by atoms with Crippen LogP contribution < -0.4 is 11.5 Å². The highest BCUT2D eigenvalue weighted by Gasteiger charge is 2.13. The van der Waals surface area contributed by atoms with E-state index < -0.39 is 0 Å². The molecule has 0 unspecified atom stereocenters. The van der Waals surface area contributed by atoms with E-state index in [1.165, 1.54) is 0 Å². The Labute approximate surface area is 109 Å². The summed E-state index contributed by atoms with van der Waals surface area (Å²) in [5.41, 5.74) is 14.4. The molecule has 0 atom stereocenters. The van der Waals surface area contributed by atoms with Gasteiger partial charge in [-0.05, 0) is 24.3 Å². The zero-order valence-electron chi connectivity index (χ0n) is 10.1. The molecule has 0 fully saturated rings. The van der Waals surface area contributed by atoms with Crippen molar-refractivity contribution < 1.29 is 4.52 Å². The SMILES string of the molecule is Nc1ccccc1-c1noc(-c2ccccc2N)n1. The lowest BCUT2D eigenvalue weighted by molar-refractivity contribution is 0.432. The Morgan fingerprint density at radius 3 is 2.00 bits per heavy atom. The van der Waals surface area contributed by atoms with Crippen LogP contribution in [0.15, 0.2) is 53.1 Å². The number of benzene rings is 2. The van der Waals surface area contributed by atoms with Crippen LogP contribution in [0.5, 0.6) is 0 Å². The van der Waals surface area contributed by atoms with Crippen molar-refractivity contribution in [2.45, 2.75) is 0 Å². The lowest BCUT2D eigenvalue weighted by Gasteiger charge is -1.99. The fraction of sp³-hybridized carbons (Fsp3) is 0. The fourth-order valence-corrected chi connectivity index (χ4v) is 1.83. The summed E-state index contributed by atoms with van der Waals surface area (Å²) in [6.45, 7) is 0. The Hall–Kier alpha value is -2.82. The maximum absolute atomic E-state index is 5.88. The molecule has 5 nitrogen and oxygen atoms in total. The first kappa shape index (κ1) is 11.3. The van der Waals surface area contributed by atoms with E-state index >= 15 is 0 Å². The number of anilines is 2. The molecule has 0 aliphatic carbocycles. The number of nitrogen functional groups attached to an aromatic ring is 2. The first-order chi connectivity index (χ1) is 9.25. The summed E-state index contributed by atoms with van der Waals surface area (Å²) < 4.78 is 5.24. The molecule has 0 radical (unpaired) electrons. The molecule has 0 spiro atoms. The number of hydrogen-bond acceptors (Lipinski definition) is 5. The summed E-state index contributed by atoms with van der Waals surface area (Å²) in [5.74, 6) is 0.840. The Kier molecular flexibility index (Phi) is 2.64. The monoisotopic (exact) mass is 252 g/mol. The van der Waals surface area contributed by atoms with Crippen LogP contribution in [0.3, 0.4) is 0 Å². The summed E-state index contributed by atoms with van der Waals surface area (Å²) >= 11 is 0. The van der Waals surface area contributed by atoms with Crippen LogP contribution in [0.2, 0.25) is 0 Å². The van der Waals surface area contributed by atoms with Gasteiger partial charge in [0.05, 0.1) is 5.56 Å². The molecule has 19 heavy (non-hydrogen) atoms. The van der Waals surface area contributed by atoms with Gasteiger partial charge < -0.3 is 16.0 Å². The van der Waals surface area contributed by atoms with Crippen LogP contribution >= 0.6 is 0 Å². The summed E-state index contributed by atoms with van der Waals surface area (Å²) in [5, 5.41) is 3.94. The van der Waals surface area contributed by atoms with Crippen molar-refractivity contribution in [3.8, 4) is 22.8 Å². The van der Waals surface area contributed by atoms with Crippen LogP contribution in [0.1, 0.15) is 0 Å². The molecule has 0 amide bonds. The van der Waals surface area contributed by atoms with Gasteiger partial charge in [0.2, 0.25) is 5.82 Å².